The summed E-state index contributed by atoms with van der Waals surface area (Å²) in [6.07, 6.45) is 3.11. The molecular weight excluding hydrogens is 518 g/mol. The molecule has 0 aliphatic rings. The third kappa shape index (κ3) is 8.90. The number of carbonyl (C=O) groups is 1. The SMILES string of the molecule is CCC=C(NCc1cc(CC(OC(C)C)C(=O)O)ccc1Cc1cccs1)c1ccc(OC(C)C)cc1Cl. The Hall–Kier alpha value is -2.80. The third-order valence-corrected chi connectivity index (χ3v) is 7.02. The van der Waals surface area contributed by atoms with Crippen LogP contribution in [0.2, 0.25) is 5.02 Å². The van der Waals surface area contributed by atoms with Crippen LogP contribution in [-0.4, -0.2) is 29.4 Å². The van der Waals surface area contributed by atoms with Gasteiger partial charge in [0.15, 0.2) is 6.10 Å². The largest absolute Gasteiger partial charge is 0.491 e. The summed E-state index contributed by atoms with van der Waals surface area (Å²) in [6.45, 7) is 10.3. The van der Waals surface area contributed by atoms with Crippen LogP contribution in [0.1, 0.15) is 68.2 Å². The molecule has 5 nitrogen and oxygen atoms in total. The molecule has 0 saturated carbocycles. The fraction of sp³-hybridized carbons (Fsp3) is 0.387. The van der Waals surface area contributed by atoms with Crippen LogP contribution in [0.3, 0.4) is 0 Å². The van der Waals surface area contributed by atoms with Gasteiger partial charge >= 0.3 is 5.97 Å². The molecule has 3 rings (SSSR count). The maximum atomic E-state index is 11.8. The summed E-state index contributed by atoms with van der Waals surface area (Å²) < 4.78 is 11.5. The number of allylic oxidation sites excluding steroid dienone is 1. The van der Waals surface area contributed by atoms with Crippen molar-refractivity contribution in [3.05, 3.63) is 92.1 Å². The standard InChI is InChI=1S/C31H38ClNO4S/c1-6-8-29(27-13-12-25(18-28(27)32)36-20(2)3)33-19-24-15-22(16-30(31(34)35)37-21(4)5)10-11-23(24)17-26-9-7-14-38-26/h7-15,18,20-21,30,33H,6,16-17,19H2,1-5H3,(H,34,35). The molecule has 0 radical (unpaired) electrons. The van der Waals surface area contributed by atoms with E-state index in [9.17, 15) is 9.90 Å². The van der Waals surface area contributed by atoms with E-state index >= 15 is 0 Å². The van der Waals surface area contributed by atoms with Crippen molar-refractivity contribution in [2.24, 2.45) is 0 Å². The van der Waals surface area contributed by atoms with Crippen LogP contribution in [0.15, 0.2) is 60.0 Å². The van der Waals surface area contributed by atoms with E-state index in [4.69, 9.17) is 21.1 Å². The van der Waals surface area contributed by atoms with Gasteiger partial charge in [-0.25, -0.2) is 4.79 Å². The lowest BCUT2D eigenvalue weighted by molar-refractivity contribution is -0.153. The summed E-state index contributed by atoms with van der Waals surface area (Å²) in [4.78, 5) is 13.1. The summed E-state index contributed by atoms with van der Waals surface area (Å²) in [5, 5.41) is 16.0. The molecule has 0 saturated heterocycles. The zero-order chi connectivity index (χ0) is 27.7. The summed E-state index contributed by atoms with van der Waals surface area (Å²) >= 11 is 8.41. The van der Waals surface area contributed by atoms with Crippen LogP contribution in [0.25, 0.3) is 5.70 Å². The normalized spacial score (nSPS) is 12.7. The van der Waals surface area contributed by atoms with E-state index in [0.717, 1.165) is 41.0 Å². The lowest BCUT2D eigenvalue weighted by Gasteiger charge is -2.19. The molecule has 2 aromatic carbocycles. The molecule has 0 amide bonds. The number of ether oxygens (including phenoxy) is 2. The van der Waals surface area contributed by atoms with Gasteiger partial charge in [-0.3, -0.25) is 0 Å². The molecule has 1 unspecified atom stereocenters. The summed E-state index contributed by atoms with van der Waals surface area (Å²) in [5.74, 6) is -0.208. The number of thiophene rings is 1. The molecule has 38 heavy (non-hydrogen) atoms. The maximum Gasteiger partial charge on any atom is 0.333 e. The van der Waals surface area contributed by atoms with Crippen molar-refractivity contribution in [2.45, 2.75) is 78.7 Å². The summed E-state index contributed by atoms with van der Waals surface area (Å²) in [6, 6.07) is 16.2. The predicted octanol–water partition coefficient (Wildman–Crippen LogP) is 7.74. The lowest BCUT2D eigenvalue weighted by atomic mass is 9.97. The van der Waals surface area contributed by atoms with Crippen molar-refractivity contribution >= 4 is 34.6 Å². The average Bonchev–Trinajstić information content (AvgIpc) is 3.35. The number of carboxylic acids is 1. The predicted molar refractivity (Wildman–Crippen MR) is 157 cm³/mol. The van der Waals surface area contributed by atoms with Crippen molar-refractivity contribution in [3.63, 3.8) is 0 Å². The lowest BCUT2D eigenvalue weighted by Crippen LogP contribution is -2.29. The quantitative estimate of drug-likeness (QED) is 0.213. The summed E-state index contributed by atoms with van der Waals surface area (Å²) in [5.41, 5.74) is 5.11. The highest BCUT2D eigenvalue weighted by Gasteiger charge is 2.21. The van der Waals surface area contributed by atoms with Gasteiger partial charge in [0.05, 0.1) is 17.2 Å². The van der Waals surface area contributed by atoms with Crippen molar-refractivity contribution < 1.29 is 19.4 Å². The molecule has 0 aliphatic carbocycles. The molecule has 7 heteroatoms. The highest BCUT2D eigenvalue weighted by Crippen LogP contribution is 2.29. The number of aliphatic carboxylic acids is 1. The molecule has 204 valence electrons. The molecule has 1 aromatic heterocycles. The average molecular weight is 556 g/mol. The zero-order valence-corrected chi connectivity index (χ0v) is 24.4. The van der Waals surface area contributed by atoms with Crippen LogP contribution < -0.4 is 10.1 Å². The molecule has 1 atom stereocenters. The van der Waals surface area contributed by atoms with Crippen molar-refractivity contribution in [1.82, 2.24) is 5.32 Å². The van der Waals surface area contributed by atoms with E-state index in [1.54, 1.807) is 11.3 Å². The van der Waals surface area contributed by atoms with E-state index in [2.05, 4.69) is 48.0 Å². The highest BCUT2D eigenvalue weighted by molar-refractivity contribution is 7.09. The smallest absolute Gasteiger partial charge is 0.333 e. The first-order valence-corrected chi connectivity index (χ1v) is 14.3. The fourth-order valence-corrected chi connectivity index (χ4v) is 5.21. The third-order valence-electron chi connectivity index (χ3n) is 5.83. The second-order valence-electron chi connectivity index (χ2n) is 9.76. The molecule has 2 N–H and O–H groups in total. The highest BCUT2D eigenvalue weighted by atomic mass is 35.5. The first-order valence-electron chi connectivity index (χ1n) is 13.1. The molecule has 1 heterocycles. The van der Waals surface area contributed by atoms with E-state index in [1.165, 1.54) is 10.4 Å². The Balaban J connectivity index is 1.88. The number of halogens is 1. The van der Waals surface area contributed by atoms with Crippen LogP contribution in [0, 0.1) is 0 Å². The van der Waals surface area contributed by atoms with Crippen LogP contribution in [0.5, 0.6) is 5.75 Å². The van der Waals surface area contributed by atoms with Gasteiger partial charge in [-0.1, -0.05) is 48.9 Å². The monoisotopic (exact) mass is 555 g/mol. The van der Waals surface area contributed by atoms with Crippen LogP contribution >= 0.6 is 22.9 Å². The zero-order valence-electron chi connectivity index (χ0n) is 22.8. The number of benzene rings is 2. The van der Waals surface area contributed by atoms with Gasteiger partial charge in [-0.2, -0.15) is 0 Å². The minimum atomic E-state index is -0.950. The van der Waals surface area contributed by atoms with E-state index in [-0.39, 0.29) is 12.2 Å². The first kappa shape index (κ1) is 29.8. The van der Waals surface area contributed by atoms with E-state index < -0.39 is 12.1 Å². The van der Waals surface area contributed by atoms with Crippen molar-refractivity contribution in [3.8, 4) is 5.75 Å². The first-order chi connectivity index (χ1) is 18.2. The van der Waals surface area contributed by atoms with Crippen molar-refractivity contribution in [2.75, 3.05) is 0 Å². The van der Waals surface area contributed by atoms with Gasteiger partial charge in [0.25, 0.3) is 0 Å². The number of carboxylic acid groups (broad SMARTS) is 1. The van der Waals surface area contributed by atoms with E-state index in [0.29, 0.717) is 18.0 Å². The molecule has 0 spiro atoms. The maximum absolute atomic E-state index is 11.8. The Kier molecular flexibility index (Phi) is 11.3. The second-order valence-corrected chi connectivity index (χ2v) is 11.2. The number of hydrogen-bond donors (Lipinski definition) is 2. The molecule has 0 aliphatic heterocycles. The Morgan fingerprint density at radius 3 is 2.47 bits per heavy atom. The minimum absolute atomic E-state index is 0.0707. The number of nitrogens with one attached hydrogen (secondary N) is 1. The van der Waals surface area contributed by atoms with Gasteiger partial charge in [0.2, 0.25) is 0 Å². The minimum Gasteiger partial charge on any atom is -0.491 e. The van der Waals surface area contributed by atoms with Crippen LogP contribution in [-0.2, 0) is 28.9 Å². The topological polar surface area (TPSA) is 67.8 Å². The van der Waals surface area contributed by atoms with Gasteiger partial charge in [0.1, 0.15) is 5.75 Å². The molecule has 0 bridgehead atoms. The Labute approximate surface area is 235 Å². The molecular formula is C31H38ClNO4S. The molecule has 0 fully saturated rings. The number of hydrogen-bond acceptors (Lipinski definition) is 5. The van der Waals surface area contributed by atoms with Crippen molar-refractivity contribution in [1.29, 1.82) is 0 Å². The fourth-order valence-electron chi connectivity index (χ4n) is 4.21. The van der Waals surface area contributed by atoms with Gasteiger partial charge in [0, 0.05) is 35.5 Å². The second kappa shape index (κ2) is 14.4. The Morgan fingerprint density at radius 1 is 1.08 bits per heavy atom. The Bertz CT molecular complexity index is 1220. The van der Waals surface area contributed by atoms with Gasteiger partial charge < -0.3 is 19.9 Å². The van der Waals surface area contributed by atoms with Gasteiger partial charge in [-0.05, 0) is 80.5 Å². The van der Waals surface area contributed by atoms with Gasteiger partial charge in [-0.15, -0.1) is 11.3 Å². The molecule has 3 aromatic rings. The Morgan fingerprint density at radius 2 is 1.87 bits per heavy atom. The van der Waals surface area contributed by atoms with E-state index in [1.807, 2.05) is 52.0 Å². The van der Waals surface area contributed by atoms with Crippen LogP contribution in [0.4, 0.5) is 0 Å². The summed E-state index contributed by atoms with van der Waals surface area (Å²) in [7, 11) is 0. The number of rotatable bonds is 14.